The normalized spacial score (nSPS) is 12.3. The number of fused-ring (bicyclic) bond motifs is 1. The zero-order valence-corrected chi connectivity index (χ0v) is 19.7. The van der Waals surface area contributed by atoms with E-state index < -0.39 is 23.5 Å². The minimum Gasteiger partial charge on any atom is -0.495 e. The number of rotatable bonds is 5. The van der Waals surface area contributed by atoms with Crippen LogP contribution in [0.15, 0.2) is 55.1 Å². The van der Waals surface area contributed by atoms with Crippen LogP contribution in [0.4, 0.5) is 13.2 Å². The largest absolute Gasteiger partial charge is 0.495 e. The molecule has 178 valence electrons. The Balaban J connectivity index is 1.57. The molecule has 0 N–H and O–H groups in total. The van der Waals surface area contributed by atoms with Crippen molar-refractivity contribution < 1.29 is 17.9 Å². The fourth-order valence-electron chi connectivity index (χ4n) is 4.08. The summed E-state index contributed by atoms with van der Waals surface area (Å²) >= 11 is 6.41. The quantitative estimate of drug-likeness (QED) is 0.270. The number of methoxy groups -OCH3 is 1. The molecule has 0 amide bonds. The highest BCUT2D eigenvalue weighted by Gasteiger charge is 2.24. The molecule has 0 aliphatic carbocycles. The van der Waals surface area contributed by atoms with Gasteiger partial charge >= 0.3 is 0 Å². The van der Waals surface area contributed by atoms with Gasteiger partial charge in [0, 0.05) is 23.5 Å². The molecule has 1 aromatic heterocycles. The molecule has 35 heavy (non-hydrogen) atoms. The average molecular weight is 498 g/mol. The number of halogens is 4. The summed E-state index contributed by atoms with van der Waals surface area (Å²) < 4.78 is 50.3. The van der Waals surface area contributed by atoms with Crippen LogP contribution in [0, 0.1) is 24.4 Å². The molecule has 2 aromatic carbocycles. The summed E-state index contributed by atoms with van der Waals surface area (Å²) in [7, 11) is 1.58. The molecule has 0 fully saturated rings. The van der Waals surface area contributed by atoms with Gasteiger partial charge in [0.25, 0.3) is 0 Å². The summed E-state index contributed by atoms with van der Waals surface area (Å²) in [6, 6.07) is 8.65. The SMILES string of the molecule is COc1cc(-c2nnc3n([C@H](C)c4cc(F)c(F)c(F)c4)cc(Cl)cc2-3)ccc1-n1cnc(C)c1. The van der Waals surface area contributed by atoms with E-state index in [1.54, 1.807) is 37.2 Å². The number of aromatic nitrogens is 5. The number of imidazole rings is 1. The van der Waals surface area contributed by atoms with Gasteiger partial charge in [0.05, 0.1) is 35.9 Å². The minimum absolute atomic E-state index is 0.223. The number of benzene rings is 2. The van der Waals surface area contributed by atoms with E-state index in [1.165, 1.54) is 0 Å². The van der Waals surface area contributed by atoms with Gasteiger partial charge in [-0.15, -0.1) is 10.2 Å². The van der Waals surface area contributed by atoms with E-state index in [0.29, 0.717) is 27.9 Å². The Morgan fingerprint density at radius 3 is 2.40 bits per heavy atom. The van der Waals surface area contributed by atoms with E-state index >= 15 is 0 Å². The van der Waals surface area contributed by atoms with E-state index in [2.05, 4.69) is 15.2 Å². The topological polar surface area (TPSA) is 57.8 Å². The molecule has 3 aromatic rings. The predicted molar refractivity (Wildman–Crippen MR) is 126 cm³/mol. The smallest absolute Gasteiger partial charge is 0.194 e. The van der Waals surface area contributed by atoms with Crippen LogP contribution in [0.3, 0.4) is 0 Å². The molecule has 10 heteroatoms. The predicted octanol–water partition coefficient (Wildman–Crippen LogP) is 6.23. The fraction of sp³-hybridized carbons (Fsp3) is 0.160. The Hall–Kier alpha value is -3.85. The van der Waals surface area contributed by atoms with Gasteiger partial charge in [0.2, 0.25) is 0 Å². The lowest BCUT2D eigenvalue weighted by molar-refractivity contribution is 0.413. The van der Waals surface area contributed by atoms with Crippen LogP contribution in [-0.4, -0.2) is 31.4 Å². The van der Waals surface area contributed by atoms with Gasteiger partial charge < -0.3 is 13.9 Å². The van der Waals surface area contributed by atoms with Gasteiger partial charge in [-0.1, -0.05) is 17.7 Å². The second-order valence-electron chi connectivity index (χ2n) is 8.13. The van der Waals surface area contributed by atoms with Crippen molar-refractivity contribution in [3.63, 3.8) is 0 Å². The maximum atomic E-state index is 13.9. The molecule has 2 aliphatic rings. The first-order valence-corrected chi connectivity index (χ1v) is 11.0. The van der Waals surface area contributed by atoms with Crippen molar-refractivity contribution >= 4 is 11.6 Å². The molecular formula is C25H19ClF3N5O. The van der Waals surface area contributed by atoms with Crippen LogP contribution in [0.25, 0.3) is 28.3 Å². The second kappa shape index (κ2) is 8.74. The third kappa shape index (κ3) is 4.01. The summed E-state index contributed by atoms with van der Waals surface area (Å²) in [4.78, 5) is 4.26. The number of nitrogens with zero attached hydrogens (tertiary/aromatic N) is 5. The maximum absolute atomic E-state index is 13.9. The van der Waals surface area contributed by atoms with Crippen LogP contribution >= 0.6 is 11.6 Å². The van der Waals surface area contributed by atoms with Gasteiger partial charge in [-0.2, -0.15) is 0 Å². The first-order chi connectivity index (χ1) is 16.8. The Morgan fingerprint density at radius 1 is 1.00 bits per heavy atom. The highest BCUT2D eigenvalue weighted by atomic mass is 35.5. The fourth-order valence-corrected chi connectivity index (χ4v) is 4.29. The lowest BCUT2D eigenvalue weighted by atomic mass is 10.0. The molecule has 0 saturated heterocycles. The Morgan fingerprint density at radius 2 is 1.74 bits per heavy atom. The highest BCUT2D eigenvalue weighted by molar-refractivity contribution is 6.30. The summed E-state index contributed by atoms with van der Waals surface area (Å²) in [5, 5.41) is 9.06. The van der Waals surface area contributed by atoms with Gasteiger partial charge in [0.15, 0.2) is 23.3 Å². The monoisotopic (exact) mass is 497 g/mol. The first-order valence-electron chi connectivity index (χ1n) is 10.6. The number of hydrogen-bond donors (Lipinski definition) is 0. The van der Waals surface area contributed by atoms with Crippen LogP contribution in [-0.2, 0) is 0 Å². The summed E-state index contributed by atoms with van der Waals surface area (Å²) in [5.41, 5.74) is 3.85. The third-order valence-corrected chi connectivity index (χ3v) is 6.09. The van der Waals surface area contributed by atoms with Crippen molar-refractivity contribution in [2.24, 2.45) is 0 Å². The summed E-state index contributed by atoms with van der Waals surface area (Å²) in [5.74, 6) is -2.98. The van der Waals surface area contributed by atoms with Crippen LogP contribution < -0.4 is 4.74 Å². The van der Waals surface area contributed by atoms with Crippen molar-refractivity contribution in [1.82, 2.24) is 24.3 Å². The van der Waals surface area contributed by atoms with Gasteiger partial charge in [0.1, 0.15) is 11.4 Å². The van der Waals surface area contributed by atoms with Crippen LogP contribution in [0.5, 0.6) is 5.75 Å². The molecule has 2 aliphatic heterocycles. The molecule has 5 rings (SSSR count). The molecule has 0 spiro atoms. The summed E-state index contributed by atoms with van der Waals surface area (Å²) in [6.07, 6.45) is 5.19. The molecule has 0 radical (unpaired) electrons. The molecule has 0 bridgehead atoms. The molecule has 0 saturated carbocycles. The Bertz CT molecular complexity index is 1510. The van der Waals surface area contributed by atoms with E-state index in [-0.39, 0.29) is 5.56 Å². The molecule has 6 nitrogen and oxygen atoms in total. The van der Waals surface area contributed by atoms with Gasteiger partial charge in [-0.3, -0.25) is 0 Å². The summed E-state index contributed by atoms with van der Waals surface area (Å²) in [6.45, 7) is 3.61. The number of hydrogen-bond acceptors (Lipinski definition) is 4. The number of aryl methyl sites for hydroxylation is 1. The molecule has 0 unspecified atom stereocenters. The first kappa shape index (κ1) is 22.9. The lowest BCUT2D eigenvalue weighted by Gasteiger charge is -2.20. The van der Waals surface area contributed by atoms with E-state index in [0.717, 1.165) is 29.1 Å². The van der Waals surface area contributed by atoms with Crippen molar-refractivity contribution in [2.45, 2.75) is 19.9 Å². The third-order valence-electron chi connectivity index (χ3n) is 5.88. The zero-order chi connectivity index (χ0) is 24.9. The van der Waals surface area contributed by atoms with E-state index in [9.17, 15) is 13.2 Å². The standard InChI is InChI=1S/C25H19ClF3N5O/c1-13-10-33(12-30-13)21-5-4-15(8-22(21)35-3)24-18-9-17(26)11-34(25(18)32-31-24)14(2)16-6-19(27)23(29)20(28)7-16/h4-12,14H,1-3H3/t14-/m1/s1. The van der Waals surface area contributed by atoms with E-state index in [4.69, 9.17) is 16.3 Å². The van der Waals surface area contributed by atoms with E-state index in [1.807, 2.05) is 35.9 Å². The number of pyridine rings is 1. The second-order valence-corrected chi connectivity index (χ2v) is 8.57. The Kier molecular flexibility index (Phi) is 5.72. The van der Waals surface area contributed by atoms with Crippen LogP contribution in [0.1, 0.15) is 24.2 Å². The van der Waals surface area contributed by atoms with Crippen molar-refractivity contribution in [2.75, 3.05) is 7.11 Å². The van der Waals surface area contributed by atoms with Gasteiger partial charge in [-0.05, 0) is 49.7 Å². The van der Waals surface area contributed by atoms with Crippen molar-refractivity contribution in [3.8, 4) is 34.1 Å². The molecular weight excluding hydrogens is 479 g/mol. The zero-order valence-electron chi connectivity index (χ0n) is 18.9. The maximum Gasteiger partial charge on any atom is 0.194 e. The molecule has 1 atom stereocenters. The van der Waals surface area contributed by atoms with Crippen molar-refractivity contribution in [1.29, 1.82) is 0 Å². The Labute approximate surface area is 203 Å². The van der Waals surface area contributed by atoms with Crippen molar-refractivity contribution in [3.05, 3.63) is 88.9 Å². The van der Waals surface area contributed by atoms with Crippen LogP contribution in [0.2, 0.25) is 5.02 Å². The lowest BCUT2D eigenvalue weighted by Crippen LogP contribution is -2.12. The van der Waals surface area contributed by atoms with Gasteiger partial charge in [-0.25, -0.2) is 18.2 Å². The molecule has 3 heterocycles. The number of ether oxygens (including phenoxy) is 1. The average Bonchev–Trinajstić information content (AvgIpc) is 3.47. The minimum atomic E-state index is -1.51. The highest BCUT2D eigenvalue weighted by Crippen LogP contribution is 2.38.